The van der Waals surface area contributed by atoms with E-state index < -0.39 is 0 Å². The highest BCUT2D eigenvalue weighted by atomic mass is 16.1. The summed E-state index contributed by atoms with van der Waals surface area (Å²) in [5.74, 6) is 0.920. The Bertz CT molecular complexity index is 664. The SMILES string of the molecule is CC(NC(=O)CNC1CCCN(c2cccnn2)C1)c1ccccc1. The van der Waals surface area contributed by atoms with Crippen molar-refractivity contribution in [3.63, 3.8) is 0 Å². The first-order valence-corrected chi connectivity index (χ1v) is 8.82. The molecule has 0 aliphatic carbocycles. The summed E-state index contributed by atoms with van der Waals surface area (Å²) in [5.41, 5.74) is 1.11. The molecule has 1 aliphatic heterocycles. The largest absolute Gasteiger partial charge is 0.354 e. The van der Waals surface area contributed by atoms with Gasteiger partial charge in [-0.05, 0) is 37.5 Å². The van der Waals surface area contributed by atoms with Crippen LogP contribution < -0.4 is 15.5 Å². The molecule has 1 amide bonds. The smallest absolute Gasteiger partial charge is 0.234 e. The highest BCUT2D eigenvalue weighted by Gasteiger charge is 2.21. The van der Waals surface area contributed by atoms with Crippen LogP contribution >= 0.6 is 0 Å². The molecule has 2 heterocycles. The highest BCUT2D eigenvalue weighted by Crippen LogP contribution is 2.16. The summed E-state index contributed by atoms with van der Waals surface area (Å²) in [6.07, 6.45) is 3.83. The van der Waals surface area contributed by atoms with Gasteiger partial charge in [0.2, 0.25) is 5.91 Å². The Kier molecular flexibility index (Phi) is 5.95. The Morgan fingerprint density at radius 2 is 2.12 bits per heavy atom. The van der Waals surface area contributed by atoms with Crippen LogP contribution in [0.3, 0.4) is 0 Å². The standard InChI is InChI=1S/C19H25N5O/c1-15(16-7-3-2-4-8-16)22-19(25)13-20-17-9-6-12-24(14-17)18-10-5-11-21-23-18/h2-5,7-8,10-11,15,17,20H,6,9,12-14H2,1H3,(H,22,25). The lowest BCUT2D eigenvalue weighted by Crippen LogP contribution is -2.49. The zero-order chi connectivity index (χ0) is 17.5. The molecule has 1 aromatic heterocycles. The van der Waals surface area contributed by atoms with Crippen LogP contribution in [0.25, 0.3) is 0 Å². The number of piperidine rings is 1. The van der Waals surface area contributed by atoms with Gasteiger partial charge in [0.05, 0.1) is 12.6 Å². The fourth-order valence-electron chi connectivity index (χ4n) is 3.17. The first-order valence-electron chi connectivity index (χ1n) is 8.82. The predicted molar refractivity (Wildman–Crippen MR) is 98.3 cm³/mol. The number of carbonyl (C=O) groups excluding carboxylic acids is 1. The van der Waals surface area contributed by atoms with Crippen molar-refractivity contribution in [2.45, 2.75) is 31.8 Å². The minimum Gasteiger partial charge on any atom is -0.354 e. The molecule has 1 saturated heterocycles. The number of rotatable bonds is 6. The molecule has 1 fully saturated rings. The average molecular weight is 339 g/mol. The molecule has 0 bridgehead atoms. The normalized spacial score (nSPS) is 18.6. The number of aromatic nitrogens is 2. The molecule has 1 aliphatic rings. The van der Waals surface area contributed by atoms with E-state index in [-0.39, 0.29) is 18.0 Å². The van der Waals surface area contributed by atoms with Crippen LogP contribution in [0.4, 0.5) is 5.82 Å². The molecular formula is C19H25N5O. The first kappa shape index (κ1) is 17.4. The lowest BCUT2D eigenvalue weighted by molar-refractivity contribution is -0.121. The number of nitrogens with one attached hydrogen (secondary N) is 2. The Labute approximate surface area is 148 Å². The van der Waals surface area contributed by atoms with Gasteiger partial charge in [0.1, 0.15) is 0 Å². The summed E-state index contributed by atoms with van der Waals surface area (Å²) >= 11 is 0. The number of anilines is 1. The average Bonchev–Trinajstić information content (AvgIpc) is 2.68. The number of amides is 1. The van der Waals surface area contributed by atoms with Crippen LogP contribution in [0.1, 0.15) is 31.4 Å². The van der Waals surface area contributed by atoms with E-state index >= 15 is 0 Å². The molecule has 3 rings (SSSR count). The third kappa shape index (κ3) is 5.00. The Balaban J connectivity index is 1.45. The lowest BCUT2D eigenvalue weighted by Gasteiger charge is -2.33. The van der Waals surface area contributed by atoms with Crippen molar-refractivity contribution in [2.24, 2.45) is 0 Å². The number of hydrogen-bond acceptors (Lipinski definition) is 5. The fraction of sp³-hybridized carbons (Fsp3) is 0.421. The number of carbonyl (C=O) groups is 1. The second-order valence-electron chi connectivity index (χ2n) is 6.45. The maximum Gasteiger partial charge on any atom is 0.234 e. The zero-order valence-corrected chi connectivity index (χ0v) is 14.6. The van der Waals surface area contributed by atoms with Gasteiger partial charge in [0.25, 0.3) is 0 Å². The van der Waals surface area contributed by atoms with Crippen molar-refractivity contribution in [1.82, 2.24) is 20.8 Å². The molecule has 2 unspecified atom stereocenters. The van der Waals surface area contributed by atoms with E-state index in [1.54, 1.807) is 6.20 Å². The summed E-state index contributed by atoms with van der Waals surface area (Å²) in [6.45, 7) is 4.16. The van der Waals surface area contributed by atoms with Gasteiger partial charge in [0, 0.05) is 25.3 Å². The molecule has 2 atom stereocenters. The molecule has 2 aromatic rings. The quantitative estimate of drug-likeness (QED) is 0.841. The van der Waals surface area contributed by atoms with Crippen LogP contribution in [-0.2, 0) is 4.79 Å². The van der Waals surface area contributed by atoms with Crippen LogP contribution in [0, 0.1) is 0 Å². The van der Waals surface area contributed by atoms with Crippen molar-refractivity contribution in [2.75, 3.05) is 24.5 Å². The summed E-state index contributed by atoms with van der Waals surface area (Å²) in [6, 6.07) is 14.2. The van der Waals surface area contributed by atoms with Gasteiger partial charge < -0.3 is 15.5 Å². The highest BCUT2D eigenvalue weighted by molar-refractivity contribution is 5.78. The molecule has 132 valence electrons. The van der Waals surface area contributed by atoms with Gasteiger partial charge >= 0.3 is 0 Å². The maximum absolute atomic E-state index is 12.2. The summed E-state index contributed by atoms with van der Waals surface area (Å²) < 4.78 is 0. The number of benzene rings is 1. The zero-order valence-electron chi connectivity index (χ0n) is 14.6. The minimum atomic E-state index is 0.0120. The molecule has 0 saturated carbocycles. The van der Waals surface area contributed by atoms with Crippen LogP contribution in [0.2, 0.25) is 0 Å². The van der Waals surface area contributed by atoms with Crippen LogP contribution in [-0.4, -0.2) is 41.8 Å². The van der Waals surface area contributed by atoms with Gasteiger partial charge in [-0.25, -0.2) is 0 Å². The Morgan fingerprint density at radius 3 is 2.88 bits per heavy atom. The van der Waals surface area contributed by atoms with E-state index in [4.69, 9.17) is 0 Å². The second kappa shape index (κ2) is 8.58. The van der Waals surface area contributed by atoms with E-state index in [1.165, 1.54) is 0 Å². The minimum absolute atomic E-state index is 0.0120. The van der Waals surface area contributed by atoms with Gasteiger partial charge in [-0.15, -0.1) is 5.10 Å². The third-order valence-corrected chi connectivity index (χ3v) is 4.53. The predicted octanol–water partition coefficient (Wildman–Crippen LogP) is 1.91. The van der Waals surface area contributed by atoms with Gasteiger partial charge in [-0.1, -0.05) is 30.3 Å². The molecule has 6 heteroatoms. The van der Waals surface area contributed by atoms with E-state index in [0.29, 0.717) is 6.54 Å². The lowest BCUT2D eigenvalue weighted by atomic mass is 10.1. The van der Waals surface area contributed by atoms with Crippen molar-refractivity contribution in [3.05, 3.63) is 54.2 Å². The van der Waals surface area contributed by atoms with E-state index in [9.17, 15) is 4.79 Å². The van der Waals surface area contributed by atoms with Crippen molar-refractivity contribution >= 4 is 11.7 Å². The summed E-state index contributed by atoms with van der Waals surface area (Å²) in [5, 5.41) is 14.5. The number of hydrogen-bond donors (Lipinski definition) is 2. The Hall–Kier alpha value is -2.47. The summed E-state index contributed by atoms with van der Waals surface area (Å²) in [7, 11) is 0. The Morgan fingerprint density at radius 1 is 1.28 bits per heavy atom. The molecule has 0 spiro atoms. The van der Waals surface area contributed by atoms with Crippen molar-refractivity contribution < 1.29 is 4.79 Å². The van der Waals surface area contributed by atoms with Gasteiger partial charge in [-0.2, -0.15) is 5.10 Å². The summed E-state index contributed by atoms with van der Waals surface area (Å²) in [4.78, 5) is 14.4. The topological polar surface area (TPSA) is 70.2 Å². The third-order valence-electron chi connectivity index (χ3n) is 4.53. The van der Waals surface area contributed by atoms with Crippen molar-refractivity contribution in [1.29, 1.82) is 0 Å². The van der Waals surface area contributed by atoms with E-state index in [0.717, 1.165) is 37.3 Å². The van der Waals surface area contributed by atoms with Crippen LogP contribution in [0.5, 0.6) is 0 Å². The van der Waals surface area contributed by atoms with Gasteiger partial charge in [-0.3, -0.25) is 4.79 Å². The van der Waals surface area contributed by atoms with Gasteiger partial charge in [0.15, 0.2) is 5.82 Å². The monoisotopic (exact) mass is 339 g/mol. The molecule has 25 heavy (non-hydrogen) atoms. The van der Waals surface area contributed by atoms with Crippen molar-refractivity contribution in [3.8, 4) is 0 Å². The number of nitrogens with zero attached hydrogens (tertiary/aromatic N) is 3. The first-order chi connectivity index (χ1) is 12.2. The van der Waals surface area contributed by atoms with E-state index in [2.05, 4.69) is 25.7 Å². The maximum atomic E-state index is 12.2. The molecule has 0 radical (unpaired) electrons. The molecular weight excluding hydrogens is 314 g/mol. The molecule has 6 nitrogen and oxygen atoms in total. The second-order valence-corrected chi connectivity index (χ2v) is 6.45. The van der Waals surface area contributed by atoms with Crippen LogP contribution in [0.15, 0.2) is 48.7 Å². The fourth-order valence-corrected chi connectivity index (χ4v) is 3.17. The molecule has 1 aromatic carbocycles. The molecule has 2 N–H and O–H groups in total. The van der Waals surface area contributed by atoms with E-state index in [1.807, 2.05) is 49.4 Å².